The van der Waals surface area contributed by atoms with E-state index >= 15 is 0 Å². The normalized spacial score (nSPS) is 15.8. The summed E-state index contributed by atoms with van der Waals surface area (Å²) in [4.78, 5) is 9.79. The summed E-state index contributed by atoms with van der Waals surface area (Å²) < 4.78 is 22.3. The molecule has 5 nitrogen and oxygen atoms in total. The Morgan fingerprint density at radius 3 is 2.79 bits per heavy atom. The summed E-state index contributed by atoms with van der Waals surface area (Å²) in [6.45, 7) is 3.79. The van der Waals surface area contributed by atoms with Crippen molar-refractivity contribution in [2.45, 2.75) is 32.5 Å². The van der Waals surface area contributed by atoms with Crippen molar-refractivity contribution in [2.75, 3.05) is 13.2 Å². The maximum absolute atomic E-state index is 11.9. The van der Waals surface area contributed by atoms with E-state index in [2.05, 4.69) is 0 Å². The van der Waals surface area contributed by atoms with E-state index in [1.807, 2.05) is 6.92 Å². The van der Waals surface area contributed by atoms with Crippen LogP contribution < -0.4 is 4.74 Å². The van der Waals surface area contributed by atoms with Crippen LogP contribution in [0.3, 0.4) is 0 Å². The maximum Gasteiger partial charge on any atom is 0.332 e. The molecule has 0 saturated heterocycles. The van der Waals surface area contributed by atoms with E-state index in [1.54, 1.807) is 31.2 Å². The predicted molar refractivity (Wildman–Crippen MR) is 73.4 cm³/mol. The van der Waals surface area contributed by atoms with E-state index in [9.17, 15) is 9.46 Å². The first kappa shape index (κ1) is 16.2. The molecule has 1 rings (SSSR count). The highest BCUT2D eigenvalue weighted by Gasteiger charge is 2.22. The standard InChI is InChI=1S/C13H21O5P/c1-3-11(2)18-19(15,16)10-12-5-4-6-13(9-12)17-8-7-14/h4-6,9,11,14H,3,7-8,10H2,1-2H3,(H,15,16). The molecule has 2 N–H and O–H groups in total. The maximum atomic E-state index is 11.9. The van der Waals surface area contributed by atoms with E-state index in [4.69, 9.17) is 14.4 Å². The molecule has 6 heteroatoms. The SMILES string of the molecule is CCC(C)OP(=O)(O)Cc1cccc(OCCO)c1. The molecule has 0 fully saturated rings. The van der Waals surface area contributed by atoms with Gasteiger partial charge in [-0.3, -0.25) is 4.57 Å². The van der Waals surface area contributed by atoms with Crippen molar-refractivity contribution in [1.29, 1.82) is 0 Å². The molecule has 0 saturated carbocycles. The fourth-order valence-electron chi connectivity index (χ4n) is 1.52. The highest BCUT2D eigenvalue weighted by atomic mass is 31.2. The summed E-state index contributed by atoms with van der Waals surface area (Å²) in [5.74, 6) is 0.565. The third kappa shape index (κ3) is 6.21. The van der Waals surface area contributed by atoms with Crippen molar-refractivity contribution in [1.82, 2.24) is 0 Å². The lowest BCUT2D eigenvalue weighted by Crippen LogP contribution is -2.06. The van der Waals surface area contributed by atoms with Gasteiger partial charge in [-0.05, 0) is 31.0 Å². The molecule has 0 bridgehead atoms. The minimum atomic E-state index is -3.64. The largest absolute Gasteiger partial charge is 0.491 e. The van der Waals surface area contributed by atoms with Gasteiger partial charge in [-0.15, -0.1) is 0 Å². The first-order valence-electron chi connectivity index (χ1n) is 6.29. The Morgan fingerprint density at radius 2 is 2.16 bits per heavy atom. The van der Waals surface area contributed by atoms with Crippen molar-refractivity contribution in [2.24, 2.45) is 0 Å². The minimum Gasteiger partial charge on any atom is -0.491 e. The molecule has 0 aliphatic heterocycles. The Balaban J connectivity index is 2.67. The quantitative estimate of drug-likeness (QED) is 0.719. The number of aliphatic hydroxyl groups is 1. The summed E-state index contributed by atoms with van der Waals surface area (Å²) in [6, 6.07) is 6.90. The predicted octanol–water partition coefficient (Wildman–Crippen LogP) is 2.56. The molecule has 19 heavy (non-hydrogen) atoms. The van der Waals surface area contributed by atoms with Gasteiger partial charge in [-0.25, -0.2) is 0 Å². The van der Waals surface area contributed by atoms with Gasteiger partial charge in [0.1, 0.15) is 12.4 Å². The van der Waals surface area contributed by atoms with Crippen molar-refractivity contribution >= 4 is 7.60 Å². The van der Waals surface area contributed by atoms with Crippen LogP contribution >= 0.6 is 7.60 Å². The summed E-state index contributed by atoms with van der Waals surface area (Å²) in [5.41, 5.74) is 0.671. The Kier molecular flexibility index (Phi) is 6.52. The third-order valence-corrected chi connectivity index (χ3v) is 4.01. The van der Waals surface area contributed by atoms with Gasteiger partial charge < -0.3 is 19.3 Å². The number of hydrogen-bond acceptors (Lipinski definition) is 4. The highest BCUT2D eigenvalue weighted by Crippen LogP contribution is 2.47. The Morgan fingerprint density at radius 1 is 1.42 bits per heavy atom. The second-order valence-corrected chi connectivity index (χ2v) is 6.14. The molecule has 0 aliphatic carbocycles. The molecule has 2 atom stereocenters. The topological polar surface area (TPSA) is 76.0 Å². The van der Waals surface area contributed by atoms with Gasteiger partial charge in [-0.2, -0.15) is 0 Å². The van der Waals surface area contributed by atoms with Crippen LogP contribution in [0.25, 0.3) is 0 Å². The Labute approximate surface area is 113 Å². The monoisotopic (exact) mass is 288 g/mol. The molecule has 0 heterocycles. The summed E-state index contributed by atoms with van der Waals surface area (Å²) in [6.07, 6.45) is 0.391. The van der Waals surface area contributed by atoms with Gasteiger partial charge in [0, 0.05) is 0 Å². The van der Waals surface area contributed by atoms with E-state index in [1.165, 1.54) is 0 Å². The van der Waals surface area contributed by atoms with Crippen LogP contribution in [0.5, 0.6) is 5.75 Å². The second-order valence-electron chi connectivity index (χ2n) is 4.34. The zero-order valence-corrected chi connectivity index (χ0v) is 12.2. The smallest absolute Gasteiger partial charge is 0.332 e. The minimum absolute atomic E-state index is 0.0480. The first-order chi connectivity index (χ1) is 8.96. The van der Waals surface area contributed by atoms with Crippen LogP contribution in [0.15, 0.2) is 24.3 Å². The fourth-order valence-corrected chi connectivity index (χ4v) is 2.96. The molecular weight excluding hydrogens is 267 g/mol. The Hall–Kier alpha value is -0.870. The average Bonchev–Trinajstić information content (AvgIpc) is 2.35. The average molecular weight is 288 g/mol. The molecule has 2 unspecified atom stereocenters. The fraction of sp³-hybridized carbons (Fsp3) is 0.538. The van der Waals surface area contributed by atoms with Crippen molar-refractivity contribution in [3.63, 3.8) is 0 Å². The summed E-state index contributed by atoms with van der Waals surface area (Å²) >= 11 is 0. The number of aliphatic hydroxyl groups excluding tert-OH is 1. The van der Waals surface area contributed by atoms with Crippen molar-refractivity contribution in [3.05, 3.63) is 29.8 Å². The van der Waals surface area contributed by atoms with Crippen molar-refractivity contribution in [3.8, 4) is 5.75 Å². The molecule has 0 spiro atoms. The molecule has 0 aliphatic rings. The second kappa shape index (κ2) is 7.65. The Bertz CT molecular complexity index is 435. The number of benzene rings is 1. The number of hydrogen-bond donors (Lipinski definition) is 2. The van der Waals surface area contributed by atoms with Crippen LogP contribution in [0.2, 0.25) is 0 Å². The molecular formula is C13H21O5P. The lowest BCUT2D eigenvalue weighted by Gasteiger charge is -2.17. The van der Waals surface area contributed by atoms with Gasteiger partial charge in [0.2, 0.25) is 0 Å². The highest BCUT2D eigenvalue weighted by molar-refractivity contribution is 7.51. The summed E-state index contributed by atoms with van der Waals surface area (Å²) in [7, 11) is -3.64. The van der Waals surface area contributed by atoms with Crippen LogP contribution in [0, 0.1) is 0 Å². The van der Waals surface area contributed by atoms with Crippen LogP contribution in [0.4, 0.5) is 0 Å². The zero-order valence-electron chi connectivity index (χ0n) is 11.3. The van der Waals surface area contributed by atoms with Crippen molar-refractivity contribution < 1.29 is 23.8 Å². The van der Waals surface area contributed by atoms with Gasteiger partial charge in [0.05, 0.1) is 18.9 Å². The molecule has 108 valence electrons. The van der Waals surface area contributed by atoms with Crippen LogP contribution in [-0.2, 0) is 15.3 Å². The van der Waals surface area contributed by atoms with E-state index in [0.29, 0.717) is 17.7 Å². The lowest BCUT2D eigenvalue weighted by molar-refractivity contribution is 0.184. The molecule has 1 aromatic carbocycles. The zero-order chi connectivity index (χ0) is 14.3. The number of ether oxygens (including phenoxy) is 1. The molecule has 0 aromatic heterocycles. The molecule has 0 radical (unpaired) electrons. The summed E-state index contributed by atoms with van der Waals surface area (Å²) in [5, 5.41) is 8.68. The molecule has 1 aromatic rings. The van der Waals surface area contributed by atoms with E-state index in [0.717, 1.165) is 0 Å². The van der Waals surface area contributed by atoms with Crippen LogP contribution in [0.1, 0.15) is 25.8 Å². The number of rotatable bonds is 8. The third-order valence-electron chi connectivity index (χ3n) is 2.56. The van der Waals surface area contributed by atoms with Crippen LogP contribution in [-0.4, -0.2) is 29.3 Å². The van der Waals surface area contributed by atoms with Gasteiger partial charge in [0.25, 0.3) is 0 Å². The van der Waals surface area contributed by atoms with Gasteiger partial charge >= 0.3 is 7.60 Å². The van der Waals surface area contributed by atoms with E-state index in [-0.39, 0.29) is 25.5 Å². The first-order valence-corrected chi connectivity index (χ1v) is 8.06. The van der Waals surface area contributed by atoms with Gasteiger partial charge in [-0.1, -0.05) is 19.1 Å². The van der Waals surface area contributed by atoms with E-state index < -0.39 is 7.60 Å². The molecule has 0 amide bonds. The lowest BCUT2D eigenvalue weighted by atomic mass is 10.2. The van der Waals surface area contributed by atoms with Gasteiger partial charge in [0.15, 0.2) is 0 Å².